The molecule has 3 aromatic rings. The number of aryl methyl sites for hydroxylation is 1. The van der Waals surface area contributed by atoms with Crippen molar-refractivity contribution in [3.8, 4) is 0 Å². The summed E-state index contributed by atoms with van der Waals surface area (Å²) in [5, 5.41) is 6.31. The summed E-state index contributed by atoms with van der Waals surface area (Å²) in [5.41, 5.74) is 3.52. The molecule has 2 atom stereocenters. The van der Waals surface area contributed by atoms with Gasteiger partial charge in [0.05, 0.1) is 34.7 Å². The standard InChI is InChI=1S/C32H30F2N4O4S/c1-37-13-11-23-21(18-43(2,41)42)14-20-17-38(26-9-8-22(33)15-25(26)34)30-24(16-36-29(27(20)30)28(23)32(37)40)31(39)35-12-10-19-6-4-3-5-7-19/h3-9,11,13-15,17,24,30,36H,10,12,16,18H2,1-2H3,(H,35,39). The first-order chi connectivity index (χ1) is 20.5. The van der Waals surface area contributed by atoms with Gasteiger partial charge in [0, 0.05) is 50.4 Å². The Morgan fingerprint density at radius 1 is 1.12 bits per heavy atom. The van der Waals surface area contributed by atoms with E-state index in [-0.39, 0.29) is 35.0 Å². The molecule has 6 rings (SSSR count). The van der Waals surface area contributed by atoms with Gasteiger partial charge in [-0.25, -0.2) is 17.2 Å². The monoisotopic (exact) mass is 604 g/mol. The smallest absolute Gasteiger partial charge is 0.260 e. The van der Waals surface area contributed by atoms with Gasteiger partial charge in [-0.1, -0.05) is 30.3 Å². The lowest BCUT2D eigenvalue weighted by molar-refractivity contribution is -0.125. The number of pyridine rings is 1. The number of hydrogen-bond donors (Lipinski definition) is 2. The van der Waals surface area contributed by atoms with Crippen LogP contribution < -0.4 is 21.1 Å². The molecule has 8 nitrogen and oxygen atoms in total. The van der Waals surface area contributed by atoms with Gasteiger partial charge in [0.25, 0.3) is 5.56 Å². The second kappa shape index (κ2) is 11.0. The van der Waals surface area contributed by atoms with Crippen molar-refractivity contribution >= 4 is 32.7 Å². The summed E-state index contributed by atoms with van der Waals surface area (Å²) in [4.78, 5) is 28.9. The molecule has 3 aliphatic rings. The van der Waals surface area contributed by atoms with E-state index in [1.54, 1.807) is 36.5 Å². The molecule has 0 fully saturated rings. The van der Waals surface area contributed by atoms with Gasteiger partial charge in [0.15, 0.2) is 9.84 Å². The number of aromatic nitrogens is 1. The van der Waals surface area contributed by atoms with E-state index in [1.165, 1.54) is 10.6 Å². The van der Waals surface area contributed by atoms with Crippen LogP contribution in [0.2, 0.25) is 0 Å². The molecule has 43 heavy (non-hydrogen) atoms. The number of fused-ring (bicyclic) bond motifs is 2. The number of allylic oxidation sites excluding steroid dienone is 1. The molecule has 1 aromatic heterocycles. The molecule has 0 saturated carbocycles. The Morgan fingerprint density at radius 3 is 2.60 bits per heavy atom. The topological polar surface area (TPSA) is 101 Å². The van der Waals surface area contributed by atoms with E-state index < -0.39 is 33.4 Å². The van der Waals surface area contributed by atoms with Crippen LogP contribution in [-0.4, -0.2) is 50.0 Å². The number of carbonyl (C=O) groups is 1. The van der Waals surface area contributed by atoms with E-state index in [2.05, 4.69) is 10.6 Å². The fourth-order valence-electron chi connectivity index (χ4n) is 6.11. The number of amides is 1. The molecule has 2 N–H and O–H groups in total. The third kappa shape index (κ3) is 5.40. The van der Waals surface area contributed by atoms with Gasteiger partial charge in [0.1, 0.15) is 11.6 Å². The van der Waals surface area contributed by atoms with E-state index in [1.807, 2.05) is 30.3 Å². The average Bonchev–Trinajstić information content (AvgIpc) is 3.26. The molecular formula is C32H30F2N4O4S. The second-order valence-corrected chi connectivity index (χ2v) is 13.2. The number of hydrogen-bond acceptors (Lipinski definition) is 6. The van der Waals surface area contributed by atoms with Crippen LogP contribution in [-0.2, 0) is 28.1 Å². The van der Waals surface area contributed by atoms with Gasteiger partial charge < -0.3 is 20.1 Å². The van der Waals surface area contributed by atoms with Crippen LogP contribution in [0.4, 0.5) is 14.5 Å². The van der Waals surface area contributed by atoms with Crippen LogP contribution in [0.1, 0.15) is 16.7 Å². The number of benzene rings is 2. The first-order valence-electron chi connectivity index (χ1n) is 13.9. The molecule has 2 aliphatic heterocycles. The van der Waals surface area contributed by atoms with E-state index in [9.17, 15) is 22.4 Å². The third-order valence-electron chi connectivity index (χ3n) is 8.03. The van der Waals surface area contributed by atoms with Crippen molar-refractivity contribution in [2.75, 3.05) is 30.0 Å². The van der Waals surface area contributed by atoms with E-state index in [0.29, 0.717) is 40.9 Å². The Labute approximate surface area is 248 Å². The minimum absolute atomic E-state index is 0.0575. The highest BCUT2D eigenvalue weighted by molar-refractivity contribution is 7.91. The Morgan fingerprint density at radius 2 is 1.88 bits per heavy atom. The molecule has 0 saturated heterocycles. The quantitative estimate of drug-likeness (QED) is 0.430. The van der Waals surface area contributed by atoms with E-state index in [0.717, 1.165) is 24.0 Å². The lowest BCUT2D eigenvalue weighted by Crippen LogP contribution is -2.52. The molecule has 0 bridgehead atoms. The van der Waals surface area contributed by atoms with E-state index >= 15 is 4.39 Å². The summed E-state index contributed by atoms with van der Waals surface area (Å²) in [5.74, 6) is -2.88. The van der Waals surface area contributed by atoms with Crippen molar-refractivity contribution in [1.82, 2.24) is 15.2 Å². The number of nitrogens with one attached hydrogen (secondary N) is 2. The zero-order chi connectivity index (χ0) is 30.5. The maximum Gasteiger partial charge on any atom is 0.260 e. The van der Waals surface area contributed by atoms with Gasteiger partial charge in [-0.15, -0.1) is 0 Å². The highest BCUT2D eigenvalue weighted by atomic mass is 32.2. The minimum Gasteiger partial charge on any atom is -0.383 e. The van der Waals surface area contributed by atoms with Crippen LogP contribution in [0, 0.1) is 17.6 Å². The van der Waals surface area contributed by atoms with E-state index in [4.69, 9.17) is 0 Å². The number of anilines is 1. The van der Waals surface area contributed by atoms with Crippen molar-refractivity contribution in [1.29, 1.82) is 0 Å². The molecule has 0 spiro atoms. The van der Waals surface area contributed by atoms with Crippen molar-refractivity contribution < 1.29 is 22.0 Å². The number of halogens is 2. The Balaban J connectivity index is 1.48. The molecular weight excluding hydrogens is 574 g/mol. The van der Waals surface area contributed by atoms with Crippen molar-refractivity contribution in [3.05, 3.63) is 123 Å². The Bertz CT molecular complexity index is 1900. The molecule has 11 heteroatoms. The van der Waals surface area contributed by atoms with Crippen LogP contribution in [0.5, 0.6) is 0 Å². The van der Waals surface area contributed by atoms with Crippen LogP contribution in [0.3, 0.4) is 0 Å². The molecule has 1 aliphatic carbocycles. The van der Waals surface area contributed by atoms with Gasteiger partial charge in [0.2, 0.25) is 5.91 Å². The number of nitrogens with zero attached hydrogens (tertiary/aromatic N) is 2. The lowest BCUT2D eigenvalue weighted by atomic mass is 9.84. The fraction of sp³-hybridized carbons (Fsp3) is 0.250. The predicted octanol–water partition coefficient (Wildman–Crippen LogP) is 3.17. The zero-order valence-corrected chi connectivity index (χ0v) is 24.4. The summed E-state index contributed by atoms with van der Waals surface area (Å²) in [6, 6.07) is 13.9. The highest BCUT2D eigenvalue weighted by Crippen LogP contribution is 2.46. The second-order valence-electron chi connectivity index (χ2n) is 11.1. The summed E-state index contributed by atoms with van der Waals surface area (Å²) in [6.45, 7) is 0.505. The molecule has 3 heterocycles. The van der Waals surface area contributed by atoms with Crippen molar-refractivity contribution in [2.24, 2.45) is 13.0 Å². The summed E-state index contributed by atoms with van der Waals surface area (Å²) in [7, 11) is -1.91. The molecule has 1 amide bonds. The van der Waals surface area contributed by atoms with Gasteiger partial charge in [-0.3, -0.25) is 9.59 Å². The molecule has 0 radical (unpaired) electrons. The third-order valence-corrected chi connectivity index (χ3v) is 8.86. The van der Waals surface area contributed by atoms with Gasteiger partial charge in [-0.2, -0.15) is 0 Å². The zero-order valence-electron chi connectivity index (χ0n) is 23.6. The van der Waals surface area contributed by atoms with Crippen molar-refractivity contribution in [3.63, 3.8) is 0 Å². The number of carbonyl (C=O) groups excluding carboxylic acids is 1. The van der Waals surface area contributed by atoms with Gasteiger partial charge >= 0.3 is 0 Å². The molecule has 2 unspecified atom stereocenters. The Kier molecular flexibility index (Phi) is 7.29. The summed E-state index contributed by atoms with van der Waals surface area (Å²) in [6.07, 6.45) is 6.65. The Hall–Kier alpha value is -4.51. The molecule has 2 aromatic carbocycles. The summed E-state index contributed by atoms with van der Waals surface area (Å²) >= 11 is 0. The number of rotatable bonds is 7. The summed E-state index contributed by atoms with van der Waals surface area (Å²) < 4.78 is 55.5. The van der Waals surface area contributed by atoms with Crippen LogP contribution >= 0.6 is 0 Å². The minimum atomic E-state index is -3.51. The molecule has 222 valence electrons. The predicted molar refractivity (Wildman–Crippen MR) is 162 cm³/mol. The van der Waals surface area contributed by atoms with Crippen molar-refractivity contribution in [2.45, 2.75) is 12.5 Å². The average molecular weight is 605 g/mol. The van der Waals surface area contributed by atoms with Crippen LogP contribution in [0.25, 0.3) is 11.3 Å². The first kappa shape index (κ1) is 28.6. The highest BCUT2D eigenvalue weighted by Gasteiger charge is 2.46. The van der Waals surface area contributed by atoms with Gasteiger partial charge in [-0.05, 0) is 53.0 Å². The van der Waals surface area contributed by atoms with Crippen LogP contribution in [0.15, 0.2) is 89.0 Å². The fourth-order valence-corrected chi connectivity index (χ4v) is 6.91. The maximum absolute atomic E-state index is 15.3. The lowest BCUT2D eigenvalue weighted by Gasteiger charge is -2.38. The first-order valence-corrected chi connectivity index (χ1v) is 15.9. The number of sulfone groups is 1. The SMILES string of the molecule is Cn1ccc2c(c1=O)C1=C3C(=CN(c4ccc(F)cc4F)C3C(C(=O)NCCc3ccccc3)CN1)C=C2CS(C)(=O)=O. The normalized spacial score (nSPS) is 19.1. The largest absolute Gasteiger partial charge is 0.383 e. The maximum atomic E-state index is 15.3.